The predicted molar refractivity (Wildman–Crippen MR) is 86.4 cm³/mol. The molecule has 118 valence electrons. The van der Waals surface area contributed by atoms with E-state index < -0.39 is 0 Å². The number of carbonyl (C=O) groups excluding carboxylic acids is 1. The molecule has 4 nitrogen and oxygen atoms in total. The van der Waals surface area contributed by atoms with E-state index in [0.717, 1.165) is 13.0 Å². The number of rotatable bonds is 7. The molecule has 1 aromatic carbocycles. The number of carbonyl (C=O) groups is 1. The third-order valence-electron chi connectivity index (χ3n) is 3.07. The second-order valence-electron chi connectivity index (χ2n) is 6.42. The number of amides is 1. The van der Waals surface area contributed by atoms with E-state index in [4.69, 9.17) is 4.74 Å². The van der Waals surface area contributed by atoms with Gasteiger partial charge in [0.2, 0.25) is 0 Å². The molecule has 0 saturated heterocycles. The molecule has 0 aliphatic heterocycles. The summed E-state index contributed by atoms with van der Waals surface area (Å²) in [6.45, 7) is 11.1. The molecule has 0 unspecified atom stereocenters. The topological polar surface area (TPSA) is 50.4 Å². The summed E-state index contributed by atoms with van der Waals surface area (Å²) in [5, 5.41) is 6.31. The number of hydrogen-bond acceptors (Lipinski definition) is 3. The first-order valence-corrected chi connectivity index (χ1v) is 7.56. The van der Waals surface area contributed by atoms with Crippen LogP contribution < -0.4 is 15.4 Å². The van der Waals surface area contributed by atoms with Crippen molar-refractivity contribution >= 4 is 5.91 Å². The van der Waals surface area contributed by atoms with Crippen molar-refractivity contribution in [1.29, 1.82) is 0 Å². The molecule has 1 atom stereocenters. The summed E-state index contributed by atoms with van der Waals surface area (Å²) in [6, 6.07) is 8.36. The molecule has 0 aliphatic rings. The summed E-state index contributed by atoms with van der Waals surface area (Å²) in [5.74, 6) is 0.608. The molecule has 1 aromatic rings. The fourth-order valence-corrected chi connectivity index (χ4v) is 1.74. The Morgan fingerprint density at radius 3 is 2.38 bits per heavy atom. The minimum absolute atomic E-state index is 0.0434. The standard InChI is InChI=1S/C17H28N2O2/c1-6-13(2)18-11-14-7-9-15(10-8-14)21-12-16(20)19-17(3,4)5/h7-10,13,18H,6,11-12H2,1-5H3,(H,19,20)/t13-/m0/s1. The number of ether oxygens (including phenoxy) is 1. The first-order valence-electron chi connectivity index (χ1n) is 7.56. The second kappa shape index (κ2) is 8.03. The predicted octanol–water partition coefficient (Wildman–Crippen LogP) is 2.87. The van der Waals surface area contributed by atoms with Crippen LogP contribution in [-0.2, 0) is 11.3 Å². The van der Waals surface area contributed by atoms with Crippen molar-refractivity contribution in [3.8, 4) is 5.75 Å². The highest BCUT2D eigenvalue weighted by Gasteiger charge is 2.13. The van der Waals surface area contributed by atoms with Crippen molar-refractivity contribution in [3.63, 3.8) is 0 Å². The minimum Gasteiger partial charge on any atom is -0.484 e. The summed E-state index contributed by atoms with van der Waals surface area (Å²) in [6.07, 6.45) is 1.12. The van der Waals surface area contributed by atoms with E-state index in [9.17, 15) is 4.79 Å². The van der Waals surface area contributed by atoms with Crippen LogP contribution in [0, 0.1) is 0 Å². The van der Waals surface area contributed by atoms with Crippen LogP contribution in [0.4, 0.5) is 0 Å². The molecule has 0 aromatic heterocycles. The van der Waals surface area contributed by atoms with Gasteiger partial charge >= 0.3 is 0 Å². The molecule has 0 fully saturated rings. The molecule has 0 saturated carbocycles. The molecular weight excluding hydrogens is 264 g/mol. The zero-order valence-electron chi connectivity index (χ0n) is 13.8. The van der Waals surface area contributed by atoms with Gasteiger partial charge in [0.1, 0.15) is 5.75 Å². The van der Waals surface area contributed by atoms with Gasteiger partial charge in [-0.3, -0.25) is 4.79 Å². The van der Waals surface area contributed by atoms with Gasteiger partial charge in [-0.2, -0.15) is 0 Å². The van der Waals surface area contributed by atoms with Gasteiger partial charge in [0.25, 0.3) is 5.91 Å². The Kier molecular flexibility index (Phi) is 6.69. The van der Waals surface area contributed by atoms with Crippen LogP contribution in [0.1, 0.15) is 46.6 Å². The lowest BCUT2D eigenvalue weighted by atomic mass is 10.1. The van der Waals surface area contributed by atoms with Gasteiger partial charge in [0, 0.05) is 18.1 Å². The first kappa shape index (κ1) is 17.5. The maximum absolute atomic E-state index is 11.7. The molecular formula is C17H28N2O2. The van der Waals surface area contributed by atoms with Crippen molar-refractivity contribution in [2.75, 3.05) is 6.61 Å². The molecule has 0 bridgehead atoms. The normalized spacial score (nSPS) is 12.8. The molecule has 21 heavy (non-hydrogen) atoms. The summed E-state index contributed by atoms with van der Waals surface area (Å²) in [4.78, 5) is 11.7. The van der Waals surface area contributed by atoms with Crippen molar-refractivity contribution in [3.05, 3.63) is 29.8 Å². The SMILES string of the molecule is CC[C@H](C)NCc1ccc(OCC(=O)NC(C)(C)C)cc1. The Balaban J connectivity index is 2.39. The molecule has 0 radical (unpaired) electrons. The fourth-order valence-electron chi connectivity index (χ4n) is 1.74. The Morgan fingerprint density at radius 1 is 1.24 bits per heavy atom. The summed E-state index contributed by atoms with van der Waals surface area (Å²) in [7, 11) is 0. The Bertz CT molecular complexity index is 435. The summed E-state index contributed by atoms with van der Waals surface area (Å²) >= 11 is 0. The largest absolute Gasteiger partial charge is 0.484 e. The molecule has 2 N–H and O–H groups in total. The van der Waals surface area contributed by atoms with Gasteiger partial charge in [-0.05, 0) is 51.8 Å². The lowest BCUT2D eigenvalue weighted by Gasteiger charge is -2.20. The lowest BCUT2D eigenvalue weighted by molar-refractivity contribution is -0.124. The molecule has 0 heterocycles. The third kappa shape index (κ3) is 7.71. The fraction of sp³-hybridized carbons (Fsp3) is 0.588. The number of hydrogen-bond donors (Lipinski definition) is 2. The molecule has 0 aliphatic carbocycles. The molecule has 1 rings (SSSR count). The van der Waals surface area contributed by atoms with Crippen LogP contribution in [0.25, 0.3) is 0 Å². The van der Waals surface area contributed by atoms with E-state index in [0.29, 0.717) is 11.8 Å². The van der Waals surface area contributed by atoms with Gasteiger partial charge in [-0.1, -0.05) is 19.1 Å². The van der Waals surface area contributed by atoms with E-state index in [1.165, 1.54) is 5.56 Å². The van der Waals surface area contributed by atoms with Crippen LogP contribution >= 0.6 is 0 Å². The van der Waals surface area contributed by atoms with Crippen LogP contribution in [-0.4, -0.2) is 24.1 Å². The van der Waals surface area contributed by atoms with Crippen LogP contribution in [0.3, 0.4) is 0 Å². The Labute approximate surface area is 128 Å². The van der Waals surface area contributed by atoms with E-state index in [1.54, 1.807) is 0 Å². The van der Waals surface area contributed by atoms with Gasteiger partial charge in [-0.25, -0.2) is 0 Å². The van der Waals surface area contributed by atoms with E-state index >= 15 is 0 Å². The van der Waals surface area contributed by atoms with E-state index in [2.05, 4.69) is 24.5 Å². The average Bonchev–Trinajstić information content (AvgIpc) is 2.41. The highest BCUT2D eigenvalue weighted by atomic mass is 16.5. The van der Waals surface area contributed by atoms with Crippen molar-refractivity contribution in [2.24, 2.45) is 0 Å². The van der Waals surface area contributed by atoms with Crippen LogP contribution in [0.5, 0.6) is 5.75 Å². The quantitative estimate of drug-likeness (QED) is 0.812. The van der Waals surface area contributed by atoms with Crippen molar-refractivity contribution < 1.29 is 9.53 Å². The van der Waals surface area contributed by atoms with Gasteiger partial charge in [0.05, 0.1) is 0 Å². The Hall–Kier alpha value is -1.55. The Morgan fingerprint density at radius 2 is 1.86 bits per heavy atom. The van der Waals surface area contributed by atoms with Crippen molar-refractivity contribution in [1.82, 2.24) is 10.6 Å². The first-order chi connectivity index (χ1) is 9.80. The minimum atomic E-state index is -0.230. The number of nitrogens with one attached hydrogen (secondary N) is 2. The third-order valence-corrected chi connectivity index (χ3v) is 3.07. The second-order valence-corrected chi connectivity index (χ2v) is 6.42. The molecule has 0 spiro atoms. The maximum Gasteiger partial charge on any atom is 0.258 e. The lowest BCUT2D eigenvalue weighted by Crippen LogP contribution is -2.43. The molecule has 1 amide bonds. The highest BCUT2D eigenvalue weighted by Crippen LogP contribution is 2.12. The van der Waals surface area contributed by atoms with Crippen molar-refractivity contribution in [2.45, 2.75) is 59.2 Å². The summed E-state index contributed by atoms with van der Waals surface area (Å²) in [5.41, 5.74) is 0.980. The van der Waals surface area contributed by atoms with Gasteiger partial charge in [0.15, 0.2) is 6.61 Å². The highest BCUT2D eigenvalue weighted by molar-refractivity contribution is 5.78. The van der Waals surface area contributed by atoms with Gasteiger partial charge < -0.3 is 15.4 Å². The average molecular weight is 292 g/mol. The number of benzene rings is 1. The van der Waals surface area contributed by atoms with Crippen LogP contribution in [0.15, 0.2) is 24.3 Å². The monoisotopic (exact) mass is 292 g/mol. The van der Waals surface area contributed by atoms with E-state index in [-0.39, 0.29) is 18.1 Å². The summed E-state index contributed by atoms with van der Waals surface area (Å²) < 4.78 is 5.48. The molecule has 4 heteroatoms. The zero-order chi connectivity index (χ0) is 15.9. The smallest absolute Gasteiger partial charge is 0.258 e. The maximum atomic E-state index is 11.7. The van der Waals surface area contributed by atoms with Crippen LogP contribution in [0.2, 0.25) is 0 Å². The van der Waals surface area contributed by atoms with Gasteiger partial charge in [-0.15, -0.1) is 0 Å². The zero-order valence-corrected chi connectivity index (χ0v) is 13.8. The van der Waals surface area contributed by atoms with E-state index in [1.807, 2.05) is 45.0 Å².